The fourth-order valence-corrected chi connectivity index (χ4v) is 4.10. The van der Waals surface area contributed by atoms with E-state index in [0.29, 0.717) is 18.3 Å². The number of hydrogen-bond acceptors (Lipinski definition) is 2. The molecule has 2 aliphatic rings. The van der Waals surface area contributed by atoms with Gasteiger partial charge in [0.25, 0.3) is 0 Å². The van der Waals surface area contributed by atoms with E-state index >= 15 is 0 Å². The van der Waals surface area contributed by atoms with Crippen molar-refractivity contribution in [2.45, 2.75) is 77.7 Å². The standard InChI is InChI=1S/C17H30O2/c1-4-19-17(11-5-6-14(3)12-17)16(18)15-9-7-13(2)8-10-15/h13-15H,4-12H2,1-3H3. The molecule has 0 saturated heterocycles. The first-order chi connectivity index (χ1) is 9.07. The van der Waals surface area contributed by atoms with Crippen LogP contribution in [0.25, 0.3) is 0 Å². The van der Waals surface area contributed by atoms with E-state index in [1.807, 2.05) is 6.92 Å². The molecule has 0 aromatic heterocycles. The van der Waals surface area contributed by atoms with Gasteiger partial charge in [-0.05, 0) is 50.9 Å². The average Bonchev–Trinajstić information content (AvgIpc) is 2.39. The van der Waals surface area contributed by atoms with Gasteiger partial charge in [-0.25, -0.2) is 0 Å². The Morgan fingerprint density at radius 3 is 2.37 bits per heavy atom. The van der Waals surface area contributed by atoms with E-state index in [1.54, 1.807) is 0 Å². The molecule has 0 N–H and O–H groups in total. The topological polar surface area (TPSA) is 26.3 Å². The zero-order chi connectivity index (χ0) is 13.9. The van der Waals surface area contributed by atoms with Crippen LogP contribution < -0.4 is 0 Å². The molecular formula is C17H30O2. The van der Waals surface area contributed by atoms with Crippen molar-refractivity contribution in [2.75, 3.05) is 6.61 Å². The van der Waals surface area contributed by atoms with Crippen LogP contribution in [0.4, 0.5) is 0 Å². The molecule has 2 nitrogen and oxygen atoms in total. The van der Waals surface area contributed by atoms with Crippen LogP contribution in [0.15, 0.2) is 0 Å². The van der Waals surface area contributed by atoms with Crippen molar-refractivity contribution in [1.29, 1.82) is 0 Å². The third kappa shape index (κ3) is 3.39. The number of carbonyl (C=O) groups excluding carboxylic acids is 1. The van der Waals surface area contributed by atoms with E-state index in [0.717, 1.165) is 38.0 Å². The lowest BCUT2D eigenvalue weighted by Gasteiger charge is -2.41. The first kappa shape index (κ1) is 15.0. The Labute approximate surface area is 118 Å². The molecule has 0 radical (unpaired) electrons. The monoisotopic (exact) mass is 266 g/mol. The van der Waals surface area contributed by atoms with Crippen molar-refractivity contribution in [3.8, 4) is 0 Å². The molecule has 2 rings (SSSR count). The van der Waals surface area contributed by atoms with Gasteiger partial charge < -0.3 is 4.74 Å². The molecule has 2 atom stereocenters. The Kier molecular flexibility index (Phi) is 5.05. The summed E-state index contributed by atoms with van der Waals surface area (Å²) in [5.41, 5.74) is -0.433. The molecule has 0 amide bonds. The third-order valence-corrected chi connectivity index (χ3v) is 5.21. The van der Waals surface area contributed by atoms with Gasteiger partial charge in [0.15, 0.2) is 5.78 Å². The molecule has 0 spiro atoms. The molecule has 2 aliphatic carbocycles. The highest BCUT2D eigenvalue weighted by molar-refractivity contribution is 5.89. The van der Waals surface area contributed by atoms with Gasteiger partial charge in [0.05, 0.1) is 0 Å². The molecule has 0 heterocycles. The second kappa shape index (κ2) is 6.39. The van der Waals surface area contributed by atoms with E-state index in [2.05, 4.69) is 13.8 Å². The molecule has 110 valence electrons. The molecule has 2 fully saturated rings. The summed E-state index contributed by atoms with van der Waals surface area (Å²) in [4.78, 5) is 13.0. The molecule has 2 saturated carbocycles. The zero-order valence-electron chi connectivity index (χ0n) is 12.9. The second-order valence-corrected chi connectivity index (χ2v) is 6.95. The van der Waals surface area contributed by atoms with Crippen LogP contribution >= 0.6 is 0 Å². The van der Waals surface area contributed by atoms with Crippen LogP contribution in [0.5, 0.6) is 0 Å². The summed E-state index contributed by atoms with van der Waals surface area (Å²) < 4.78 is 6.03. The Morgan fingerprint density at radius 1 is 1.11 bits per heavy atom. The Bertz CT molecular complexity index is 300. The Balaban J connectivity index is 2.07. The second-order valence-electron chi connectivity index (χ2n) is 6.95. The van der Waals surface area contributed by atoms with Gasteiger partial charge in [-0.2, -0.15) is 0 Å². The van der Waals surface area contributed by atoms with Crippen molar-refractivity contribution < 1.29 is 9.53 Å². The van der Waals surface area contributed by atoms with E-state index in [1.165, 1.54) is 19.3 Å². The van der Waals surface area contributed by atoms with Crippen molar-refractivity contribution in [1.82, 2.24) is 0 Å². The first-order valence-electron chi connectivity index (χ1n) is 8.25. The quantitative estimate of drug-likeness (QED) is 0.755. The fourth-order valence-electron chi connectivity index (χ4n) is 4.10. The number of carbonyl (C=O) groups is 1. The minimum Gasteiger partial charge on any atom is -0.367 e. The average molecular weight is 266 g/mol. The van der Waals surface area contributed by atoms with Crippen LogP contribution in [0, 0.1) is 17.8 Å². The lowest BCUT2D eigenvalue weighted by molar-refractivity contribution is -0.156. The van der Waals surface area contributed by atoms with Crippen LogP contribution in [-0.4, -0.2) is 18.0 Å². The largest absolute Gasteiger partial charge is 0.367 e. The SMILES string of the molecule is CCOC1(C(=O)C2CCC(C)CC2)CCCC(C)C1. The highest BCUT2D eigenvalue weighted by atomic mass is 16.5. The van der Waals surface area contributed by atoms with Gasteiger partial charge in [-0.3, -0.25) is 4.79 Å². The minimum absolute atomic E-state index is 0.271. The predicted octanol–water partition coefficient (Wildman–Crippen LogP) is 4.37. The number of Topliss-reactive ketones (excluding diaryl/α,β-unsaturated/α-hetero) is 1. The molecule has 0 aliphatic heterocycles. The van der Waals surface area contributed by atoms with Crippen molar-refractivity contribution in [3.63, 3.8) is 0 Å². The van der Waals surface area contributed by atoms with Crippen molar-refractivity contribution in [3.05, 3.63) is 0 Å². The summed E-state index contributed by atoms with van der Waals surface area (Å²) in [6.07, 6.45) is 8.91. The maximum Gasteiger partial charge on any atom is 0.167 e. The maximum atomic E-state index is 13.0. The van der Waals surface area contributed by atoms with E-state index in [-0.39, 0.29) is 5.92 Å². The molecular weight excluding hydrogens is 236 g/mol. The maximum absolute atomic E-state index is 13.0. The van der Waals surface area contributed by atoms with Crippen LogP contribution in [-0.2, 0) is 9.53 Å². The highest BCUT2D eigenvalue weighted by Crippen LogP contribution is 2.41. The van der Waals surface area contributed by atoms with E-state index < -0.39 is 5.60 Å². The van der Waals surface area contributed by atoms with E-state index in [9.17, 15) is 4.79 Å². The zero-order valence-corrected chi connectivity index (χ0v) is 12.9. The minimum atomic E-state index is -0.433. The Morgan fingerprint density at radius 2 is 1.79 bits per heavy atom. The van der Waals surface area contributed by atoms with Gasteiger partial charge in [0.2, 0.25) is 0 Å². The summed E-state index contributed by atoms with van der Waals surface area (Å²) >= 11 is 0. The van der Waals surface area contributed by atoms with Gasteiger partial charge in [-0.1, -0.05) is 33.1 Å². The molecule has 2 unspecified atom stereocenters. The summed E-state index contributed by atoms with van der Waals surface area (Å²) in [7, 11) is 0. The van der Waals surface area contributed by atoms with Crippen molar-refractivity contribution >= 4 is 5.78 Å². The summed E-state index contributed by atoms with van der Waals surface area (Å²) in [6, 6.07) is 0. The number of hydrogen-bond donors (Lipinski definition) is 0. The number of ether oxygens (including phenoxy) is 1. The van der Waals surface area contributed by atoms with Crippen LogP contribution in [0.3, 0.4) is 0 Å². The predicted molar refractivity (Wildman–Crippen MR) is 78.1 cm³/mol. The van der Waals surface area contributed by atoms with Gasteiger partial charge in [0.1, 0.15) is 5.60 Å². The summed E-state index contributed by atoms with van der Waals surface area (Å²) in [5, 5.41) is 0. The van der Waals surface area contributed by atoms with E-state index in [4.69, 9.17) is 4.74 Å². The smallest absolute Gasteiger partial charge is 0.167 e. The van der Waals surface area contributed by atoms with Gasteiger partial charge in [-0.15, -0.1) is 0 Å². The normalized spacial score (nSPS) is 40.1. The molecule has 0 aromatic carbocycles. The lowest BCUT2D eigenvalue weighted by atomic mass is 9.69. The number of ketones is 1. The summed E-state index contributed by atoms with van der Waals surface area (Å²) in [5.74, 6) is 2.14. The molecule has 0 aromatic rings. The van der Waals surface area contributed by atoms with Crippen LogP contribution in [0.1, 0.15) is 72.1 Å². The molecule has 0 bridgehead atoms. The van der Waals surface area contributed by atoms with Gasteiger partial charge in [0, 0.05) is 12.5 Å². The third-order valence-electron chi connectivity index (χ3n) is 5.21. The first-order valence-corrected chi connectivity index (χ1v) is 8.25. The van der Waals surface area contributed by atoms with Gasteiger partial charge >= 0.3 is 0 Å². The molecule has 19 heavy (non-hydrogen) atoms. The van der Waals surface area contributed by atoms with Crippen LogP contribution in [0.2, 0.25) is 0 Å². The molecule has 2 heteroatoms. The summed E-state index contributed by atoms with van der Waals surface area (Å²) in [6.45, 7) is 7.27. The Hall–Kier alpha value is -0.370. The lowest BCUT2D eigenvalue weighted by Crippen LogP contribution is -2.49. The fraction of sp³-hybridized carbons (Fsp3) is 0.941. The van der Waals surface area contributed by atoms with Crippen molar-refractivity contribution in [2.24, 2.45) is 17.8 Å². The number of rotatable bonds is 4. The highest BCUT2D eigenvalue weighted by Gasteiger charge is 2.45.